The van der Waals surface area contributed by atoms with Crippen LogP contribution in [0.3, 0.4) is 0 Å². The SMILES string of the molecule is CCC(C)CC(=O)Nc1ccc(C)c(C#CCCO)c1. The Kier molecular flexibility index (Phi) is 6.83. The Morgan fingerprint density at radius 1 is 1.45 bits per heavy atom. The molecule has 0 aliphatic heterocycles. The lowest BCUT2D eigenvalue weighted by atomic mass is 10.0. The number of anilines is 1. The number of carbonyl (C=O) groups is 1. The zero-order chi connectivity index (χ0) is 15.0. The van der Waals surface area contributed by atoms with Crippen molar-refractivity contribution in [2.24, 2.45) is 5.92 Å². The Morgan fingerprint density at radius 3 is 2.85 bits per heavy atom. The summed E-state index contributed by atoms with van der Waals surface area (Å²) in [5.41, 5.74) is 2.73. The summed E-state index contributed by atoms with van der Waals surface area (Å²) in [7, 11) is 0. The number of aliphatic hydroxyl groups is 1. The zero-order valence-corrected chi connectivity index (χ0v) is 12.5. The summed E-state index contributed by atoms with van der Waals surface area (Å²) >= 11 is 0. The average Bonchev–Trinajstić information content (AvgIpc) is 2.42. The van der Waals surface area contributed by atoms with Crippen molar-refractivity contribution in [3.05, 3.63) is 29.3 Å². The molecule has 1 amide bonds. The van der Waals surface area contributed by atoms with E-state index >= 15 is 0 Å². The van der Waals surface area contributed by atoms with E-state index in [2.05, 4.69) is 31.0 Å². The summed E-state index contributed by atoms with van der Waals surface area (Å²) in [4.78, 5) is 11.9. The highest BCUT2D eigenvalue weighted by atomic mass is 16.2. The van der Waals surface area contributed by atoms with Gasteiger partial charge in [0.05, 0.1) is 6.61 Å². The molecule has 2 N–H and O–H groups in total. The summed E-state index contributed by atoms with van der Waals surface area (Å²) in [6.45, 7) is 6.20. The van der Waals surface area contributed by atoms with Crippen LogP contribution in [0.5, 0.6) is 0 Å². The highest BCUT2D eigenvalue weighted by Gasteiger charge is 2.08. The normalized spacial score (nSPS) is 11.4. The Morgan fingerprint density at radius 2 is 2.20 bits per heavy atom. The number of carbonyl (C=O) groups excluding carboxylic acids is 1. The second-order valence-electron chi connectivity index (χ2n) is 5.07. The van der Waals surface area contributed by atoms with Crippen molar-refractivity contribution in [1.82, 2.24) is 0 Å². The predicted molar refractivity (Wildman–Crippen MR) is 82.5 cm³/mol. The molecule has 3 heteroatoms. The van der Waals surface area contributed by atoms with Gasteiger partial charge in [-0.3, -0.25) is 4.79 Å². The van der Waals surface area contributed by atoms with Gasteiger partial charge in [0.15, 0.2) is 0 Å². The molecule has 0 aliphatic carbocycles. The minimum absolute atomic E-state index is 0.0393. The lowest BCUT2D eigenvalue weighted by molar-refractivity contribution is -0.117. The minimum atomic E-state index is 0.0393. The van der Waals surface area contributed by atoms with E-state index in [1.54, 1.807) is 0 Å². The Bertz CT molecular complexity index is 511. The van der Waals surface area contributed by atoms with Gasteiger partial charge in [0.1, 0.15) is 0 Å². The molecule has 0 heterocycles. The van der Waals surface area contributed by atoms with Gasteiger partial charge in [0, 0.05) is 24.1 Å². The quantitative estimate of drug-likeness (QED) is 0.810. The molecule has 0 fully saturated rings. The van der Waals surface area contributed by atoms with E-state index in [0.717, 1.165) is 23.2 Å². The number of hydrogen-bond donors (Lipinski definition) is 2. The number of rotatable bonds is 5. The van der Waals surface area contributed by atoms with Gasteiger partial charge in [-0.15, -0.1) is 0 Å². The van der Waals surface area contributed by atoms with Gasteiger partial charge < -0.3 is 10.4 Å². The van der Waals surface area contributed by atoms with E-state index in [1.165, 1.54) is 0 Å². The van der Waals surface area contributed by atoms with E-state index in [4.69, 9.17) is 5.11 Å². The van der Waals surface area contributed by atoms with Crippen LogP contribution in [-0.2, 0) is 4.79 Å². The van der Waals surface area contributed by atoms with Gasteiger partial charge >= 0.3 is 0 Å². The fraction of sp³-hybridized carbons (Fsp3) is 0.471. The third kappa shape index (κ3) is 5.46. The van der Waals surface area contributed by atoms with Crippen LogP contribution >= 0.6 is 0 Å². The third-order valence-electron chi connectivity index (χ3n) is 3.21. The van der Waals surface area contributed by atoms with Crippen LogP contribution < -0.4 is 5.32 Å². The molecule has 0 aromatic heterocycles. The smallest absolute Gasteiger partial charge is 0.224 e. The first-order valence-electron chi connectivity index (χ1n) is 7.07. The molecule has 0 bridgehead atoms. The molecule has 0 aliphatic rings. The van der Waals surface area contributed by atoms with Crippen LogP contribution in [0.15, 0.2) is 18.2 Å². The molecule has 3 nitrogen and oxygen atoms in total. The molecule has 0 saturated carbocycles. The van der Waals surface area contributed by atoms with E-state index in [0.29, 0.717) is 18.8 Å². The molecule has 0 spiro atoms. The number of benzene rings is 1. The van der Waals surface area contributed by atoms with Gasteiger partial charge in [-0.05, 0) is 30.5 Å². The van der Waals surface area contributed by atoms with Crippen molar-refractivity contribution in [1.29, 1.82) is 0 Å². The number of aryl methyl sites for hydroxylation is 1. The highest BCUT2D eigenvalue weighted by molar-refractivity contribution is 5.91. The van der Waals surface area contributed by atoms with Crippen LogP contribution in [0.1, 0.15) is 44.2 Å². The van der Waals surface area contributed by atoms with Gasteiger partial charge in [0.25, 0.3) is 0 Å². The molecule has 0 saturated heterocycles. The van der Waals surface area contributed by atoms with E-state index < -0.39 is 0 Å². The molecule has 20 heavy (non-hydrogen) atoms. The largest absolute Gasteiger partial charge is 0.395 e. The minimum Gasteiger partial charge on any atom is -0.395 e. The highest BCUT2D eigenvalue weighted by Crippen LogP contribution is 2.16. The maximum Gasteiger partial charge on any atom is 0.224 e. The van der Waals surface area contributed by atoms with Crippen LogP contribution in [0.4, 0.5) is 5.69 Å². The first kappa shape index (κ1) is 16.3. The standard InChI is InChI=1S/C17H23NO2/c1-4-13(2)11-17(20)18-16-9-8-14(3)15(12-16)7-5-6-10-19/h8-9,12-13,19H,4,6,10-11H2,1-3H3,(H,18,20). The molecule has 0 radical (unpaired) electrons. The summed E-state index contributed by atoms with van der Waals surface area (Å²) in [5, 5.41) is 11.6. The van der Waals surface area contributed by atoms with Gasteiger partial charge in [-0.1, -0.05) is 38.2 Å². The third-order valence-corrected chi connectivity index (χ3v) is 3.21. The zero-order valence-electron chi connectivity index (χ0n) is 12.5. The molecule has 1 aromatic rings. The van der Waals surface area contributed by atoms with Crippen LogP contribution in [0.2, 0.25) is 0 Å². The van der Waals surface area contributed by atoms with Gasteiger partial charge in [0.2, 0.25) is 5.91 Å². The van der Waals surface area contributed by atoms with Gasteiger partial charge in [-0.25, -0.2) is 0 Å². The lowest BCUT2D eigenvalue weighted by Gasteiger charge is -2.10. The number of hydrogen-bond acceptors (Lipinski definition) is 2. The topological polar surface area (TPSA) is 49.3 Å². The maximum absolute atomic E-state index is 11.9. The predicted octanol–water partition coefficient (Wildman–Crippen LogP) is 3.10. The van der Waals surface area contributed by atoms with Crippen molar-refractivity contribution in [3.63, 3.8) is 0 Å². The van der Waals surface area contributed by atoms with Crippen molar-refractivity contribution in [2.45, 2.75) is 40.0 Å². The average molecular weight is 273 g/mol. The summed E-state index contributed by atoms with van der Waals surface area (Å²) in [6.07, 6.45) is 2.00. The number of aliphatic hydroxyl groups excluding tert-OH is 1. The summed E-state index contributed by atoms with van der Waals surface area (Å²) < 4.78 is 0. The monoisotopic (exact) mass is 273 g/mol. The molecule has 1 unspecified atom stereocenters. The first-order chi connectivity index (χ1) is 9.56. The molecule has 1 rings (SSSR count). The van der Waals surface area contributed by atoms with Crippen molar-refractivity contribution in [2.75, 3.05) is 11.9 Å². The van der Waals surface area contributed by atoms with E-state index in [1.807, 2.05) is 25.1 Å². The fourth-order valence-electron chi connectivity index (χ4n) is 1.72. The van der Waals surface area contributed by atoms with Crippen LogP contribution in [0, 0.1) is 24.7 Å². The van der Waals surface area contributed by atoms with E-state index in [-0.39, 0.29) is 12.5 Å². The second-order valence-corrected chi connectivity index (χ2v) is 5.07. The maximum atomic E-state index is 11.9. The molecular formula is C17H23NO2. The van der Waals surface area contributed by atoms with Crippen molar-refractivity contribution in [3.8, 4) is 11.8 Å². The van der Waals surface area contributed by atoms with Crippen molar-refractivity contribution >= 4 is 11.6 Å². The number of nitrogens with one attached hydrogen (secondary N) is 1. The molecule has 108 valence electrons. The molecule has 1 atom stereocenters. The van der Waals surface area contributed by atoms with E-state index in [9.17, 15) is 4.79 Å². The lowest BCUT2D eigenvalue weighted by Crippen LogP contribution is -2.14. The Hall–Kier alpha value is -1.79. The summed E-state index contributed by atoms with van der Waals surface area (Å²) in [6, 6.07) is 5.72. The fourth-order valence-corrected chi connectivity index (χ4v) is 1.72. The Balaban J connectivity index is 2.75. The van der Waals surface area contributed by atoms with Crippen LogP contribution in [0.25, 0.3) is 0 Å². The summed E-state index contributed by atoms with van der Waals surface area (Å²) in [5.74, 6) is 6.35. The number of amides is 1. The second kappa shape index (κ2) is 8.39. The Labute approximate surface area is 121 Å². The van der Waals surface area contributed by atoms with Gasteiger partial charge in [-0.2, -0.15) is 0 Å². The molecular weight excluding hydrogens is 250 g/mol. The first-order valence-corrected chi connectivity index (χ1v) is 7.07. The van der Waals surface area contributed by atoms with Crippen molar-refractivity contribution < 1.29 is 9.90 Å². The molecule has 1 aromatic carbocycles. The van der Waals surface area contributed by atoms with Crippen LogP contribution in [-0.4, -0.2) is 17.6 Å².